The molecule has 4 nitrogen and oxygen atoms in total. The average Bonchev–Trinajstić information content (AvgIpc) is 2.40. The Morgan fingerprint density at radius 2 is 1.71 bits per heavy atom. The molecule has 0 aromatic heterocycles. The van der Waals surface area contributed by atoms with Crippen LogP contribution in [0, 0.1) is 5.92 Å². The number of rotatable bonds is 12. The molecule has 1 amide bonds. The van der Waals surface area contributed by atoms with E-state index < -0.39 is 0 Å². The van der Waals surface area contributed by atoms with Crippen molar-refractivity contribution in [3.63, 3.8) is 0 Å². The Hall–Kier alpha value is -0.610. The van der Waals surface area contributed by atoms with Crippen molar-refractivity contribution in [1.29, 1.82) is 0 Å². The molecule has 4 heteroatoms. The van der Waals surface area contributed by atoms with Crippen molar-refractivity contribution in [2.75, 3.05) is 19.6 Å². The van der Waals surface area contributed by atoms with E-state index in [1.807, 2.05) is 0 Å². The molecule has 0 spiro atoms. The zero-order valence-corrected chi connectivity index (χ0v) is 14.8. The van der Waals surface area contributed by atoms with E-state index in [1.165, 1.54) is 12.8 Å². The molecule has 0 heterocycles. The molecule has 0 aliphatic heterocycles. The fraction of sp³-hybridized carbons (Fsp3) is 0.941. The summed E-state index contributed by atoms with van der Waals surface area (Å²) in [6, 6.07) is 1.03. The van der Waals surface area contributed by atoms with Crippen LogP contribution in [0.3, 0.4) is 0 Å². The van der Waals surface area contributed by atoms with Gasteiger partial charge in [0.25, 0.3) is 0 Å². The number of carbonyl (C=O) groups excluding carboxylic acids is 1. The van der Waals surface area contributed by atoms with Gasteiger partial charge in [-0.3, -0.25) is 9.69 Å². The van der Waals surface area contributed by atoms with E-state index >= 15 is 0 Å². The first-order valence-corrected chi connectivity index (χ1v) is 8.64. The number of amides is 1. The summed E-state index contributed by atoms with van der Waals surface area (Å²) in [5.74, 6) is 0.786. The van der Waals surface area contributed by atoms with Gasteiger partial charge in [0.15, 0.2) is 0 Å². The molecule has 1 unspecified atom stereocenters. The van der Waals surface area contributed by atoms with Crippen LogP contribution in [0.4, 0.5) is 0 Å². The third-order valence-electron chi connectivity index (χ3n) is 4.07. The van der Waals surface area contributed by atoms with E-state index in [2.05, 4.69) is 44.8 Å². The highest BCUT2D eigenvalue weighted by Crippen LogP contribution is 2.16. The Balaban J connectivity index is 3.93. The summed E-state index contributed by atoms with van der Waals surface area (Å²) in [7, 11) is 0. The molecular formula is C17H37N3O. The average molecular weight is 300 g/mol. The zero-order valence-electron chi connectivity index (χ0n) is 14.8. The van der Waals surface area contributed by atoms with Gasteiger partial charge in [-0.2, -0.15) is 0 Å². The summed E-state index contributed by atoms with van der Waals surface area (Å²) in [4.78, 5) is 14.3. The highest BCUT2D eigenvalue weighted by molar-refractivity contribution is 5.75. The van der Waals surface area contributed by atoms with Gasteiger partial charge in [-0.15, -0.1) is 0 Å². The second kappa shape index (κ2) is 12.0. The summed E-state index contributed by atoms with van der Waals surface area (Å²) < 4.78 is 0. The molecule has 21 heavy (non-hydrogen) atoms. The molecule has 126 valence electrons. The SMILES string of the molecule is CCCC(CCN)CCC(=O)NCCN(C(C)C)C(C)C. The lowest BCUT2D eigenvalue weighted by Gasteiger charge is -2.30. The van der Waals surface area contributed by atoms with E-state index in [9.17, 15) is 4.79 Å². The maximum Gasteiger partial charge on any atom is 0.220 e. The molecule has 0 saturated carbocycles. The first kappa shape index (κ1) is 20.4. The molecule has 0 aliphatic rings. The van der Waals surface area contributed by atoms with Gasteiger partial charge < -0.3 is 11.1 Å². The smallest absolute Gasteiger partial charge is 0.220 e. The number of carbonyl (C=O) groups is 1. The van der Waals surface area contributed by atoms with Crippen LogP contribution in [-0.4, -0.2) is 42.5 Å². The van der Waals surface area contributed by atoms with Crippen molar-refractivity contribution < 1.29 is 4.79 Å². The number of hydrogen-bond donors (Lipinski definition) is 2. The molecule has 0 radical (unpaired) electrons. The summed E-state index contributed by atoms with van der Waals surface area (Å²) in [5, 5.41) is 3.05. The molecule has 0 saturated heterocycles. The molecule has 0 aromatic carbocycles. The van der Waals surface area contributed by atoms with Crippen LogP contribution < -0.4 is 11.1 Å². The molecule has 3 N–H and O–H groups in total. The van der Waals surface area contributed by atoms with E-state index in [0.717, 1.165) is 32.5 Å². The van der Waals surface area contributed by atoms with Crippen molar-refractivity contribution in [2.24, 2.45) is 11.7 Å². The van der Waals surface area contributed by atoms with Crippen molar-refractivity contribution in [1.82, 2.24) is 10.2 Å². The highest BCUT2D eigenvalue weighted by atomic mass is 16.1. The maximum absolute atomic E-state index is 11.9. The first-order valence-electron chi connectivity index (χ1n) is 8.64. The molecule has 0 aromatic rings. The number of nitrogens with zero attached hydrogens (tertiary/aromatic N) is 1. The Morgan fingerprint density at radius 3 is 2.19 bits per heavy atom. The van der Waals surface area contributed by atoms with Gasteiger partial charge in [-0.05, 0) is 53.0 Å². The van der Waals surface area contributed by atoms with Crippen LogP contribution >= 0.6 is 0 Å². The van der Waals surface area contributed by atoms with Gasteiger partial charge in [0.05, 0.1) is 0 Å². The molecule has 1 atom stereocenters. The van der Waals surface area contributed by atoms with Crippen LogP contribution in [0.2, 0.25) is 0 Å². The Bertz CT molecular complexity index is 253. The van der Waals surface area contributed by atoms with Crippen LogP contribution in [0.1, 0.15) is 66.7 Å². The maximum atomic E-state index is 11.9. The molecular weight excluding hydrogens is 262 g/mol. The normalized spacial score (nSPS) is 13.2. The summed E-state index contributed by atoms with van der Waals surface area (Å²) >= 11 is 0. The van der Waals surface area contributed by atoms with Crippen LogP contribution in [0.5, 0.6) is 0 Å². The minimum absolute atomic E-state index is 0.181. The lowest BCUT2D eigenvalue weighted by atomic mass is 9.94. The van der Waals surface area contributed by atoms with Gasteiger partial charge in [0.1, 0.15) is 0 Å². The van der Waals surface area contributed by atoms with Gasteiger partial charge in [-0.1, -0.05) is 19.8 Å². The fourth-order valence-electron chi connectivity index (χ4n) is 2.94. The van der Waals surface area contributed by atoms with Crippen molar-refractivity contribution in [3.05, 3.63) is 0 Å². The minimum atomic E-state index is 0.181. The number of nitrogens with one attached hydrogen (secondary N) is 1. The van der Waals surface area contributed by atoms with Crippen molar-refractivity contribution in [2.45, 2.75) is 78.8 Å². The van der Waals surface area contributed by atoms with Gasteiger partial charge in [-0.25, -0.2) is 0 Å². The topological polar surface area (TPSA) is 58.4 Å². The Morgan fingerprint density at radius 1 is 1.10 bits per heavy atom. The summed E-state index contributed by atoms with van der Waals surface area (Å²) in [5.41, 5.74) is 5.63. The first-order chi connectivity index (χ1) is 9.92. The number of nitrogens with two attached hydrogens (primary N) is 1. The molecule has 0 fully saturated rings. The van der Waals surface area contributed by atoms with E-state index in [1.54, 1.807) is 0 Å². The van der Waals surface area contributed by atoms with Crippen molar-refractivity contribution in [3.8, 4) is 0 Å². The predicted molar refractivity (Wildman–Crippen MR) is 91.3 cm³/mol. The predicted octanol–water partition coefficient (Wildman–Crippen LogP) is 2.77. The van der Waals surface area contributed by atoms with Gasteiger partial charge in [0.2, 0.25) is 5.91 Å². The third kappa shape index (κ3) is 9.86. The third-order valence-corrected chi connectivity index (χ3v) is 4.07. The van der Waals surface area contributed by atoms with Crippen LogP contribution in [0.15, 0.2) is 0 Å². The number of hydrogen-bond acceptors (Lipinski definition) is 3. The minimum Gasteiger partial charge on any atom is -0.355 e. The van der Waals surface area contributed by atoms with Crippen LogP contribution in [-0.2, 0) is 4.79 Å². The Kier molecular flexibility index (Phi) is 11.6. The highest BCUT2D eigenvalue weighted by Gasteiger charge is 2.14. The second-order valence-electron chi connectivity index (χ2n) is 6.55. The van der Waals surface area contributed by atoms with E-state index in [0.29, 0.717) is 24.4 Å². The Labute approximate surface area is 131 Å². The zero-order chi connectivity index (χ0) is 16.3. The van der Waals surface area contributed by atoms with Crippen molar-refractivity contribution >= 4 is 5.91 Å². The standard InChI is InChI=1S/C17H37N3O/c1-6-7-16(10-11-18)8-9-17(21)19-12-13-20(14(2)3)15(4)5/h14-16H,6-13,18H2,1-5H3,(H,19,21). The molecule has 0 aliphatic carbocycles. The van der Waals surface area contributed by atoms with Gasteiger partial charge in [0, 0.05) is 31.6 Å². The second-order valence-corrected chi connectivity index (χ2v) is 6.55. The fourth-order valence-corrected chi connectivity index (χ4v) is 2.94. The summed E-state index contributed by atoms with van der Waals surface area (Å²) in [6.45, 7) is 13.4. The largest absolute Gasteiger partial charge is 0.355 e. The lowest BCUT2D eigenvalue weighted by Crippen LogP contribution is -2.42. The lowest BCUT2D eigenvalue weighted by molar-refractivity contribution is -0.121. The molecule has 0 rings (SSSR count). The summed E-state index contributed by atoms with van der Waals surface area (Å²) in [6.07, 6.45) is 4.99. The van der Waals surface area contributed by atoms with E-state index in [-0.39, 0.29) is 5.91 Å². The molecule has 0 bridgehead atoms. The van der Waals surface area contributed by atoms with E-state index in [4.69, 9.17) is 5.73 Å². The van der Waals surface area contributed by atoms with Gasteiger partial charge >= 0.3 is 0 Å². The van der Waals surface area contributed by atoms with Crippen LogP contribution in [0.25, 0.3) is 0 Å². The monoisotopic (exact) mass is 299 g/mol. The quantitative estimate of drug-likeness (QED) is 0.582.